The number of methoxy groups -OCH3 is 2. The van der Waals surface area contributed by atoms with Gasteiger partial charge in [-0.25, -0.2) is 0 Å². The molecule has 0 radical (unpaired) electrons. The number of esters is 2. The van der Waals surface area contributed by atoms with Crippen molar-refractivity contribution in [3.05, 3.63) is 35.9 Å². The predicted molar refractivity (Wildman–Crippen MR) is 62.3 cm³/mol. The van der Waals surface area contributed by atoms with E-state index in [0.717, 1.165) is 5.56 Å². The van der Waals surface area contributed by atoms with Crippen LogP contribution in [0.15, 0.2) is 30.3 Å². The number of hydrogen-bond donors (Lipinski definition) is 0. The molecule has 0 amide bonds. The van der Waals surface area contributed by atoms with Crippen molar-refractivity contribution in [3.8, 4) is 0 Å². The smallest absolute Gasteiger partial charge is 0.323 e. The number of benzene rings is 1. The fraction of sp³-hybridized carbons (Fsp3) is 0.385. The van der Waals surface area contributed by atoms with Crippen LogP contribution in [0.4, 0.5) is 0 Å². The largest absolute Gasteiger partial charge is 0.468 e. The lowest BCUT2D eigenvalue weighted by Gasteiger charge is -2.23. The topological polar surface area (TPSA) is 52.6 Å². The zero-order valence-electron chi connectivity index (χ0n) is 10.2. The Kier molecular flexibility index (Phi) is 4.26. The monoisotopic (exact) mass is 236 g/mol. The molecule has 0 aromatic heterocycles. The summed E-state index contributed by atoms with van der Waals surface area (Å²) in [4.78, 5) is 23.4. The summed E-state index contributed by atoms with van der Waals surface area (Å²) in [6.07, 6.45) is 0.257. The van der Waals surface area contributed by atoms with Gasteiger partial charge >= 0.3 is 11.9 Å². The second-order valence-corrected chi connectivity index (χ2v) is 3.98. The Hall–Kier alpha value is -1.84. The average molecular weight is 236 g/mol. The molecule has 0 unspecified atom stereocenters. The van der Waals surface area contributed by atoms with Crippen molar-refractivity contribution in [2.75, 3.05) is 14.2 Å². The van der Waals surface area contributed by atoms with E-state index in [1.54, 1.807) is 0 Å². The molecule has 0 fully saturated rings. The van der Waals surface area contributed by atoms with Crippen molar-refractivity contribution >= 4 is 11.9 Å². The van der Waals surface area contributed by atoms with E-state index < -0.39 is 17.4 Å². The van der Waals surface area contributed by atoms with Crippen LogP contribution >= 0.6 is 0 Å². The number of carbonyl (C=O) groups is 2. The maximum Gasteiger partial charge on any atom is 0.323 e. The lowest BCUT2D eigenvalue weighted by atomic mass is 9.83. The Morgan fingerprint density at radius 2 is 1.53 bits per heavy atom. The first kappa shape index (κ1) is 13.2. The van der Waals surface area contributed by atoms with Gasteiger partial charge in [-0.2, -0.15) is 0 Å². The highest BCUT2D eigenvalue weighted by Gasteiger charge is 2.43. The summed E-state index contributed by atoms with van der Waals surface area (Å²) in [6, 6.07) is 9.28. The molecule has 0 aliphatic rings. The molecule has 1 aromatic carbocycles. The Bertz CT molecular complexity index is 381. The summed E-state index contributed by atoms with van der Waals surface area (Å²) in [6.45, 7) is 1.53. The lowest BCUT2D eigenvalue weighted by molar-refractivity contribution is -0.167. The molecule has 4 nitrogen and oxygen atoms in total. The van der Waals surface area contributed by atoms with Crippen LogP contribution in [-0.2, 0) is 25.5 Å². The number of rotatable bonds is 4. The molecular weight excluding hydrogens is 220 g/mol. The molecule has 0 saturated heterocycles. The summed E-state index contributed by atoms with van der Waals surface area (Å²) in [5, 5.41) is 0. The molecule has 1 aromatic rings. The third-order valence-electron chi connectivity index (χ3n) is 2.67. The molecule has 0 N–H and O–H groups in total. The van der Waals surface area contributed by atoms with E-state index >= 15 is 0 Å². The second-order valence-electron chi connectivity index (χ2n) is 3.98. The van der Waals surface area contributed by atoms with E-state index in [1.807, 2.05) is 30.3 Å². The molecule has 4 heteroatoms. The van der Waals surface area contributed by atoms with Crippen LogP contribution < -0.4 is 0 Å². The highest BCUT2D eigenvalue weighted by atomic mass is 16.5. The standard InChI is InChI=1S/C13H16O4/c1-13(11(14)16-2,12(15)17-3)9-10-7-5-4-6-8-10/h4-8H,9H2,1-3H3. The van der Waals surface area contributed by atoms with Crippen molar-refractivity contribution in [3.63, 3.8) is 0 Å². The third-order valence-corrected chi connectivity index (χ3v) is 2.67. The Morgan fingerprint density at radius 1 is 1.06 bits per heavy atom. The first-order valence-electron chi connectivity index (χ1n) is 5.25. The van der Waals surface area contributed by atoms with Crippen LogP contribution in [0.5, 0.6) is 0 Å². The number of hydrogen-bond acceptors (Lipinski definition) is 4. The first-order valence-corrected chi connectivity index (χ1v) is 5.25. The Labute approximate surface area is 101 Å². The van der Waals surface area contributed by atoms with Gasteiger partial charge in [-0.1, -0.05) is 30.3 Å². The highest BCUT2D eigenvalue weighted by Crippen LogP contribution is 2.26. The molecule has 0 saturated carbocycles. The van der Waals surface area contributed by atoms with Gasteiger partial charge in [0, 0.05) is 0 Å². The van der Waals surface area contributed by atoms with Gasteiger partial charge in [0.25, 0.3) is 0 Å². The van der Waals surface area contributed by atoms with Gasteiger partial charge in [0.2, 0.25) is 0 Å². The van der Waals surface area contributed by atoms with Gasteiger partial charge in [0.05, 0.1) is 14.2 Å². The average Bonchev–Trinajstić information content (AvgIpc) is 2.37. The molecule has 17 heavy (non-hydrogen) atoms. The van der Waals surface area contributed by atoms with Crippen molar-refractivity contribution < 1.29 is 19.1 Å². The molecule has 0 bridgehead atoms. The SMILES string of the molecule is COC(=O)C(C)(Cc1ccccc1)C(=O)OC. The van der Waals surface area contributed by atoms with Gasteiger partial charge < -0.3 is 9.47 Å². The van der Waals surface area contributed by atoms with Crippen LogP contribution in [0.25, 0.3) is 0 Å². The highest BCUT2D eigenvalue weighted by molar-refractivity contribution is 5.99. The maximum absolute atomic E-state index is 11.7. The zero-order chi connectivity index (χ0) is 12.9. The lowest BCUT2D eigenvalue weighted by Crippen LogP contribution is -2.40. The second kappa shape index (κ2) is 5.48. The van der Waals surface area contributed by atoms with Crippen molar-refractivity contribution in [1.29, 1.82) is 0 Å². The summed E-state index contributed by atoms with van der Waals surface area (Å²) in [5.74, 6) is -1.18. The molecule has 0 atom stereocenters. The number of ether oxygens (including phenoxy) is 2. The van der Waals surface area contributed by atoms with Crippen LogP contribution in [0.3, 0.4) is 0 Å². The van der Waals surface area contributed by atoms with E-state index in [2.05, 4.69) is 9.47 Å². The molecule has 0 aliphatic heterocycles. The molecule has 0 spiro atoms. The molecule has 0 heterocycles. The summed E-state index contributed by atoms with van der Waals surface area (Å²) in [7, 11) is 2.52. The van der Waals surface area contributed by atoms with E-state index in [4.69, 9.17) is 0 Å². The quantitative estimate of drug-likeness (QED) is 0.588. The Balaban J connectivity index is 3.00. The van der Waals surface area contributed by atoms with Crippen LogP contribution in [0.1, 0.15) is 12.5 Å². The van der Waals surface area contributed by atoms with Gasteiger partial charge in [-0.15, -0.1) is 0 Å². The van der Waals surface area contributed by atoms with E-state index in [0.29, 0.717) is 0 Å². The van der Waals surface area contributed by atoms with Crippen LogP contribution in [0.2, 0.25) is 0 Å². The summed E-state index contributed by atoms with van der Waals surface area (Å²) < 4.78 is 9.34. The van der Waals surface area contributed by atoms with Crippen molar-refractivity contribution in [2.24, 2.45) is 5.41 Å². The van der Waals surface area contributed by atoms with Crippen LogP contribution in [0, 0.1) is 5.41 Å². The molecule has 1 rings (SSSR count). The first-order chi connectivity index (χ1) is 8.04. The van der Waals surface area contributed by atoms with Gasteiger partial charge in [0.15, 0.2) is 5.41 Å². The van der Waals surface area contributed by atoms with E-state index in [1.165, 1.54) is 21.1 Å². The van der Waals surface area contributed by atoms with E-state index in [9.17, 15) is 9.59 Å². The minimum Gasteiger partial charge on any atom is -0.468 e. The normalized spacial score (nSPS) is 10.8. The van der Waals surface area contributed by atoms with Gasteiger partial charge in [-0.05, 0) is 18.9 Å². The van der Waals surface area contributed by atoms with Gasteiger partial charge in [0.1, 0.15) is 0 Å². The minimum absolute atomic E-state index is 0.257. The molecule has 92 valence electrons. The summed E-state index contributed by atoms with van der Waals surface area (Å²) in [5.41, 5.74) is -0.420. The molecular formula is C13H16O4. The third kappa shape index (κ3) is 2.84. The van der Waals surface area contributed by atoms with Gasteiger partial charge in [-0.3, -0.25) is 9.59 Å². The predicted octanol–water partition coefficient (Wildman–Crippen LogP) is 1.58. The van der Waals surface area contributed by atoms with Crippen molar-refractivity contribution in [2.45, 2.75) is 13.3 Å². The minimum atomic E-state index is -1.30. The van der Waals surface area contributed by atoms with Crippen molar-refractivity contribution in [1.82, 2.24) is 0 Å². The fourth-order valence-corrected chi connectivity index (χ4v) is 1.68. The maximum atomic E-state index is 11.7. The van der Waals surface area contributed by atoms with Crippen LogP contribution in [-0.4, -0.2) is 26.2 Å². The zero-order valence-corrected chi connectivity index (χ0v) is 10.2. The van der Waals surface area contributed by atoms with E-state index in [-0.39, 0.29) is 6.42 Å². The Morgan fingerprint density at radius 3 is 1.94 bits per heavy atom. The molecule has 0 aliphatic carbocycles. The summed E-state index contributed by atoms with van der Waals surface area (Å²) >= 11 is 0. The fourth-order valence-electron chi connectivity index (χ4n) is 1.68. The number of carbonyl (C=O) groups excluding carboxylic acids is 2.